The van der Waals surface area contributed by atoms with Gasteiger partial charge in [-0.25, -0.2) is 13.1 Å². The molecule has 2 aromatic rings. The van der Waals surface area contributed by atoms with E-state index < -0.39 is 10.0 Å². The molecule has 0 radical (unpaired) electrons. The van der Waals surface area contributed by atoms with Crippen LogP contribution in [0, 0.1) is 13.8 Å². The van der Waals surface area contributed by atoms with Gasteiger partial charge in [-0.05, 0) is 43.5 Å². The van der Waals surface area contributed by atoms with E-state index in [4.69, 9.17) is 4.74 Å². The second-order valence-corrected chi connectivity index (χ2v) is 8.11. The Bertz CT molecular complexity index is 805. The lowest BCUT2D eigenvalue weighted by Gasteiger charge is -2.12. The molecule has 9 heteroatoms. The summed E-state index contributed by atoms with van der Waals surface area (Å²) in [7, 11) is -3.72. The molecule has 0 amide bonds. The first-order chi connectivity index (χ1) is 10.9. The summed E-state index contributed by atoms with van der Waals surface area (Å²) in [6.07, 6.45) is 2.45. The number of halogens is 1. The van der Waals surface area contributed by atoms with Gasteiger partial charge in [-0.15, -0.1) is 5.10 Å². The average molecular weight is 401 g/mol. The molecule has 23 heavy (non-hydrogen) atoms. The van der Waals surface area contributed by atoms with E-state index in [1.807, 2.05) is 0 Å². The molecule has 1 aliphatic rings. The van der Waals surface area contributed by atoms with Crippen LogP contribution < -0.4 is 4.72 Å². The lowest BCUT2D eigenvalue weighted by atomic mass is 10.2. The van der Waals surface area contributed by atoms with Crippen molar-refractivity contribution >= 4 is 31.8 Å². The monoisotopic (exact) mass is 400 g/mol. The number of hydrogen-bond donors (Lipinski definition) is 1. The van der Waals surface area contributed by atoms with E-state index in [-0.39, 0.29) is 16.8 Å². The summed E-state index contributed by atoms with van der Waals surface area (Å²) in [5.74, 6) is 0.207. The zero-order valence-corrected chi connectivity index (χ0v) is 15.2. The van der Waals surface area contributed by atoms with Gasteiger partial charge >= 0.3 is 0 Å². The highest BCUT2D eigenvalue weighted by Crippen LogP contribution is 2.26. The van der Waals surface area contributed by atoms with Gasteiger partial charge < -0.3 is 4.74 Å². The largest absolute Gasteiger partial charge is 0.379 e. The van der Waals surface area contributed by atoms with Gasteiger partial charge in [0.25, 0.3) is 10.0 Å². The number of nitrogens with zero attached hydrogens (tertiary/aromatic N) is 3. The minimum Gasteiger partial charge on any atom is -0.379 e. The van der Waals surface area contributed by atoms with E-state index >= 15 is 0 Å². The molecular weight excluding hydrogens is 384 g/mol. The number of aromatic nitrogens is 3. The SMILES string of the molecule is Cc1cc(Br)cc(C)c1S(=O)(=O)Nc1cn(C2CCOC2)nn1. The number of anilines is 1. The molecule has 3 rings (SSSR count). The van der Waals surface area contributed by atoms with Crippen molar-refractivity contribution in [3.05, 3.63) is 33.9 Å². The van der Waals surface area contributed by atoms with Gasteiger partial charge in [0.15, 0.2) is 5.82 Å². The summed E-state index contributed by atoms with van der Waals surface area (Å²) >= 11 is 3.37. The molecule has 1 saturated heterocycles. The first kappa shape index (κ1) is 16.4. The first-order valence-electron chi connectivity index (χ1n) is 7.16. The third kappa shape index (κ3) is 3.41. The highest BCUT2D eigenvalue weighted by molar-refractivity contribution is 9.10. The third-order valence-electron chi connectivity index (χ3n) is 3.72. The number of benzene rings is 1. The predicted molar refractivity (Wildman–Crippen MR) is 88.9 cm³/mol. The van der Waals surface area contributed by atoms with E-state index in [2.05, 4.69) is 31.0 Å². The Hall–Kier alpha value is -1.45. The summed E-state index contributed by atoms with van der Waals surface area (Å²) in [6.45, 7) is 4.78. The smallest absolute Gasteiger partial charge is 0.263 e. The van der Waals surface area contributed by atoms with Crippen LogP contribution in [0.1, 0.15) is 23.6 Å². The minimum absolute atomic E-state index is 0.108. The molecule has 1 aliphatic heterocycles. The van der Waals surface area contributed by atoms with Gasteiger partial charge in [-0.2, -0.15) is 0 Å². The van der Waals surface area contributed by atoms with Crippen molar-refractivity contribution in [1.82, 2.24) is 15.0 Å². The lowest BCUT2D eigenvalue weighted by molar-refractivity contribution is 0.184. The number of aryl methyl sites for hydroxylation is 2. The molecule has 7 nitrogen and oxygen atoms in total. The fourth-order valence-electron chi connectivity index (χ4n) is 2.74. The quantitative estimate of drug-likeness (QED) is 0.851. The highest BCUT2D eigenvalue weighted by Gasteiger charge is 2.23. The van der Waals surface area contributed by atoms with Crippen molar-refractivity contribution in [2.75, 3.05) is 17.9 Å². The van der Waals surface area contributed by atoms with Gasteiger partial charge in [0, 0.05) is 11.1 Å². The van der Waals surface area contributed by atoms with Crippen LogP contribution in [0.3, 0.4) is 0 Å². The molecule has 124 valence electrons. The topological polar surface area (TPSA) is 86.1 Å². The summed E-state index contributed by atoms with van der Waals surface area (Å²) in [5.41, 5.74) is 1.34. The predicted octanol–water partition coefficient (Wildman–Crippen LogP) is 2.42. The van der Waals surface area contributed by atoms with Crippen molar-refractivity contribution in [2.24, 2.45) is 0 Å². The van der Waals surface area contributed by atoms with Crippen molar-refractivity contribution in [3.8, 4) is 0 Å². The molecule has 0 bridgehead atoms. The minimum atomic E-state index is -3.72. The van der Waals surface area contributed by atoms with Gasteiger partial charge in [0.2, 0.25) is 0 Å². The molecule has 0 spiro atoms. The molecule has 1 aromatic heterocycles. The van der Waals surface area contributed by atoms with Crippen LogP contribution in [0.4, 0.5) is 5.82 Å². The number of ether oxygens (including phenoxy) is 1. The fourth-order valence-corrected chi connectivity index (χ4v) is 4.87. The Morgan fingerprint density at radius 3 is 2.65 bits per heavy atom. The van der Waals surface area contributed by atoms with Crippen molar-refractivity contribution in [1.29, 1.82) is 0 Å². The van der Waals surface area contributed by atoms with Crippen molar-refractivity contribution < 1.29 is 13.2 Å². The molecular formula is C14H17BrN4O3S. The molecule has 0 aliphatic carbocycles. The summed E-state index contributed by atoms with van der Waals surface area (Å²) in [6, 6.07) is 3.65. The standard InChI is InChI=1S/C14H17BrN4O3S/c1-9-5-11(15)6-10(2)14(9)23(20,21)17-13-7-19(18-16-13)12-3-4-22-8-12/h5-7,12,17H,3-4,8H2,1-2H3. The molecule has 1 fully saturated rings. The summed E-state index contributed by atoms with van der Waals surface area (Å²) < 4.78 is 35.6. The van der Waals surface area contributed by atoms with Crippen LogP contribution in [-0.4, -0.2) is 36.6 Å². The molecule has 0 saturated carbocycles. The lowest BCUT2D eigenvalue weighted by Crippen LogP contribution is -2.16. The van der Waals surface area contributed by atoms with Crippen molar-refractivity contribution in [3.63, 3.8) is 0 Å². The number of nitrogens with one attached hydrogen (secondary N) is 1. The zero-order valence-electron chi connectivity index (χ0n) is 12.8. The Balaban J connectivity index is 1.87. The van der Waals surface area contributed by atoms with Gasteiger partial charge in [-0.3, -0.25) is 4.72 Å². The van der Waals surface area contributed by atoms with Crippen LogP contribution in [0.2, 0.25) is 0 Å². The van der Waals surface area contributed by atoms with Crippen LogP contribution in [0.15, 0.2) is 27.7 Å². The second-order valence-electron chi connectivity index (χ2n) is 5.58. The number of hydrogen-bond acceptors (Lipinski definition) is 5. The van der Waals surface area contributed by atoms with Gasteiger partial charge in [0.05, 0.1) is 23.7 Å². The summed E-state index contributed by atoms with van der Waals surface area (Å²) in [5, 5.41) is 7.89. The Morgan fingerprint density at radius 1 is 1.35 bits per heavy atom. The van der Waals surface area contributed by atoms with Crippen molar-refractivity contribution in [2.45, 2.75) is 31.2 Å². The Labute approximate surface area is 143 Å². The maximum atomic E-state index is 12.7. The van der Waals surface area contributed by atoms with E-state index in [9.17, 15) is 8.42 Å². The maximum absolute atomic E-state index is 12.7. The maximum Gasteiger partial charge on any atom is 0.263 e. The van der Waals surface area contributed by atoms with Gasteiger partial charge in [-0.1, -0.05) is 21.1 Å². The molecule has 1 atom stereocenters. The first-order valence-corrected chi connectivity index (χ1v) is 9.43. The fraction of sp³-hybridized carbons (Fsp3) is 0.429. The zero-order chi connectivity index (χ0) is 16.6. The Morgan fingerprint density at radius 2 is 2.04 bits per heavy atom. The summed E-state index contributed by atoms with van der Waals surface area (Å²) in [4.78, 5) is 0.263. The molecule has 1 aromatic carbocycles. The van der Waals surface area contributed by atoms with E-state index in [1.165, 1.54) is 0 Å². The van der Waals surface area contributed by atoms with Crippen LogP contribution >= 0.6 is 15.9 Å². The van der Waals surface area contributed by atoms with Crippen LogP contribution in [0.5, 0.6) is 0 Å². The number of rotatable bonds is 4. The van der Waals surface area contributed by atoms with E-state index in [0.29, 0.717) is 24.3 Å². The Kier molecular flexibility index (Phi) is 4.43. The van der Waals surface area contributed by atoms with E-state index in [1.54, 1.807) is 36.9 Å². The molecule has 1 N–H and O–H groups in total. The van der Waals surface area contributed by atoms with E-state index in [0.717, 1.165) is 10.9 Å². The molecule has 2 heterocycles. The average Bonchev–Trinajstić information content (AvgIpc) is 3.06. The third-order valence-corrected chi connectivity index (χ3v) is 5.84. The van der Waals surface area contributed by atoms with Crippen LogP contribution in [0.25, 0.3) is 0 Å². The second kappa shape index (κ2) is 6.21. The normalized spacial score (nSPS) is 18.3. The van der Waals surface area contributed by atoms with Gasteiger partial charge in [0.1, 0.15) is 0 Å². The van der Waals surface area contributed by atoms with Crippen LogP contribution in [-0.2, 0) is 14.8 Å². The number of sulfonamides is 1. The molecule has 1 unspecified atom stereocenters. The highest BCUT2D eigenvalue weighted by atomic mass is 79.9.